The van der Waals surface area contributed by atoms with Gasteiger partial charge in [-0.15, -0.1) is 0 Å². The number of hydrogen-bond acceptors (Lipinski definition) is 3. The van der Waals surface area contributed by atoms with Crippen molar-refractivity contribution >= 4 is 15.8 Å². The summed E-state index contributed by atoms with van der Waals surface area (Å²) in [5, 5.41) is 8.88. The second-order valence-electron chi connectivity index (χ2n) is 5.13. The van der Waals surface area contributed by atoms with Crippen LogP contribution < -0.4 is 0 Å². The van der Waals surface area contributed by atoms with E-state index in [0.29, 0.717) is 6.42 Å². The Bertz CT molecular complexity index is 709. The van der Waals surface area contributed by atoms with Crippen LogP contribution in [0.15, 0.2) is 65.6 Å². The summed E-state index contributed by atoms with van der Waals surface area (Å²) in [5.41, 5.74) is 0.850. The van der Waals surface area contributed by atoms with Crippen LogP contribution in [0.2, 0.25) is 0 Å². The largest absolute Gasteiger partial charge is 0.481 e. The van der Waals surface area contributed by atoms with E-state index in [2.05, 4.69) is 0 Å². The van der Waals surface area contributed by atoms with Crippen LogP contribution in [0.4, 0.5) is 0 Å². The molecule has 0 saturated carbocycles. The number of hydrogen-bond donors (Lipinski definition) is 1. The average Bonchev–Trinajstić information content (AvgIpc) is 2.53. The average molecular weight is 318 g/mol. The van der Waals surface area contributed by atoms with Crippen molar-refractivity contribution in [2.45, 2.75) is 23.7 Å². The molecule has 0 amide bonds. The molecular weight excluding hydrogens is 300 g/mol. The Balaban J connectivity index is 2.24. The third-order valence-electron chi connectivity index (χ3n) is 3.50. The number of carboxylic acid groups (broad SMARTS) is 1. The molecule has 2 aromatic carbocycles. The van der Waals surface area contributed by atoms with Gasteiger partial charge in [0.2, 0.25) is 0 Å². The molecule has 0 bridgehead atoms. The number of sulfone groups is 1. The Morgan fingerprint density at radius 1 is 0.955 bits per heavy atom. The molecule has 1 atom stereocenters. The van der Waals surface area contributed by atoms with Gasteiger partial charge in [0.15, 0.2) is 9.84 Å². The van der Waals surface area contributed by atoms with Gasteiger partial charge in [0.05, 0.1) is 10.6 Å². The van der Waals surface area contributed by atoms with E-state index < -0.39 is 15.8 Å². The molecule has 0 unspecified atom stereocenters. The molecule has 116 valence electrons. The lowest BCUT2D eigenvalue weighted by Gasteiger charge is -2.17. The molecule has 22 heavy (non-hydrogen) atoms. The lowest BCUT2D eigenvalue weighted by molar-refractivity contribution is -0.137. The fourth-order valence-corrected chi connectivity index (χ4v) is 4.01. The number of carbonyl (C=O) groups is 1. The predicted molar refractivity (Wildman–Crippen MR) is 84.5 cm³/mol. The Morgan fingerprint density at radius 2 is 1.50 bits per heavy atom. The molecule has 0 fully saturated rings. The molecule has 0 aliphatic heterocycles. The monoisotopic (exact) mass is 318 g/mol. The summed E-state index contributed by atoms with van der Waals surface area (Å²) >= 11 is 0. The lowest BCUT2D eigenvalue weighted by atomic mass is 9.96. The maximum Gasteiger partial charge on any atom is 0.303 e. The van der Waals surface area contributed by atoms with Crippen molar-refractivity contribution in [3.8, 4) is 0 Å². The maximum absolute atomic E-state index is 12.5. The van der Waals surface area contributed by atoms with E-state index in [-0.39, 0.29) is 23.0 Å². The Morgan fingerprint density at radius 3 is 2.05 bits per heavy atom. The van der Waals surface area contributed by atoms with Crippen molar-refractivity contribution in [1.29, 1.82) is 0 Å². The highest BCUT2D eigenvalue weighted by molar-refractivity contribution is 7.91. The number of carboxylic acids is 1. The van der Waals surface area contributed by atoms with Crippen molar-refractivity contribution in [1.82, 2.24) is 0 Å². The Labute approximate surface area is 130 Å². The van der Waals surface area contributed by atoms with E-state index >= 15 is 0 Å². The van der Waals surface area contributed by atoms with E-state index in [9.17, 15) is 13.2 Å². The van der Waals surface area contributed by atoms with Crippen LogP contribution in [0.5, 0.6) is 0 Å². The minimum absolute atomic E-state index is 0.0517. The summed E-state index contributed by atoms with van der Waals surface area (Å²) in [6.45, 7) is 0. The molecular formula is C17H18O4S. The van der Waals surface area contributed by atoms with Gasteiger partial charge in [-0.1, -0.05) is 48.5 Å². The number of benzene rings is 2. The summed E-state index contributed by atoms with van der Waals surface area (Å²) in [7, 11) is -3.45. The van der Waals surface area contributed by atoms with Crippen molar-refractivity contribution in [2.75, 3.05) is 5.75 Å². The van der Waals surface area contributed by atoms with Gasteiger partial charge in [0, 0.05) is 6.42 Å². The molecule has 0 spiro atoms. The normalized spacial score (nSPS) is 12.7. The first-order valence-electron chi connectivity index (χ1n) is 7.03. The van der Waals surface area contributed by atoms with E-state index in [0.717, 1.165) is 5.56 Å². The third kappa shape index (κ3) is 4.43. The zero-order chi connectivity index (χ0) is 16.0. The van der Waals surface area contributed by atoms with E-state index in [1.165, 1.54) is 0 Å². The van der Waals surface area contributed by atoms with Gasteiger partial charge in [0.25, 0.3) is 0 Å². The van der Waals surface area contributed by atoms with Gasteiger partial charge in [0.1, 0.15) is 0 Å². The van der Waals surface area contributed by atoms with Crippen LogP contribution in [-0.4, -0.2) is 25.2 Å². The minimum Gasteiger partial charge on any atom is -0.481 e. The Kier molecular flexibility index (Phi) is 5.33. The first kappa shape index (κ1) is 16.2. The van der Waals surface area contributed by atoms with Gasteiger partial charge in [-0.3, -0.25) is 4.79 Å². The molecule has 4 nitrogen and oxygen atoms in total. The molecule has 0 aliphatic carbocycles. The highest BCUT2D eigenvalue weighted by Crippen LogP contribution is 2.26. The van der Waals surface area contributed by atoms with Crippen LogP contribution in [0.1, 0.15) is 24.3 Å². The molecule has 0 radical (unpaired) electrons. The van der Waals surface area contributed by atoms with Crippen LogP contribution >= 0.6 is 0 Å². The summed E-state index contributed by atoms with van der Waals surface area (Å²) in [5.74, 6) is -1.34. The third-order valence-corrected chi connectivity index (χ3v) is 5.33. The SMILES string of the molecule is O=C(O)CC[C@@H](CS(=O)(=O)c1ccccc1)c1ccccc1. The topological polar surface area (TPSA) is 71.4 Å². The smallest absolute Gasteiger partial charge is 0.303 e. The molecule has 0 saturated heterocycles. The zero-order valence-electron chi connectivity index (χ0n) is 12.1. The number of aliphatic carboxylic acids is 1. The van der Waals surface area contributed by atoms with Crippen LogP contribution in [-0.2, 0) is 14.6 Å². The second kappa shape index (κ2) is 7.22. The van der Waals surface area contributed by atoms with Crippen molar-refractivity contribution < 1.29 is 18.3 Å². The van der Waals surface area contributed by atoms with Crippen molar-refractivity contribution in [3.05, 3.63) is 66.2 Å². The second-order valence-corrected chi connectivity index (χ2v) is 7.17. The lowest BCUT2D eigenvalue weighted by Crippen LogP contribution is -2.16. The minimum atomic E-state index is -3.45. The van der Waals surface area contributed by atoms with Gasteiger partial charge >= 0.3 is 5.97 Å². The molecule has 0 aromatic heterocycles. The Hall–Kier alpha value is -2.14. The zero-order valence-corrected chi connectivity index (χ0v) is 12.9. The molecule has 2 aromatic rings. The van der Waals surface area contributed by atoms with E-state index in [1.54, 1.807) is 30.3 Å². The molecule has 5 heteroatoms. The first-order valence-corrected chi connectivity index (χ1v) is 8.69. The molecule has 0 heterocycles. The van der Waals surface area contributed by atoms with E-state index in [1.807, 2.05) is 30.3 Å². The highest BCUT2D eigenvalue weighted by atomic mass is 32.2. The molecule has 2 rings (SSSR count). The van der Waals surface area contributed by atoms with Gasteiger partial charge in [-0.2, -0.15) is 0 Å². The van der Waals surface area contributed by atoms with Crippen LogP contribution in [0, 0.1) is 0 Å². The molecule has 1 N–H and O–H groups in total. The summed E-state index contributed by atoms with van der Waals surface area (Å²) in [6.07, 6.45) is 0.245. The number of rotatable bonds is 7. The quantitative estimate of drug-likeness (QED) is 0.851. The summed E-state index contributed by atoms with van der Waals surface area (Å²) in [6, 6.07) is 17.4. The molecule has 0 aliphatic rings. The predicted octanol–water partition coefficient (Wildman–Crippen LogP) is 3.11. The standard InChI is InChI=1S/C17H18O4S/c18-17(19)12-11-15(14-7-3-1-4-8-14)13-22(20,21)16-9-5-2-6-10-16/h1-10,15H,11-13H2,(H,18,19)/t15-/m0/s1. The van der Waals surface area contributed by atoms with Crippen molar-refractivity contribution in [2.24, 2.45) is 0 Å². The van der Waals surface area contributed by atoms with Crippen LogP contribution in [0.25, 0.3) is 0 Å². The fraction of sp³-hybridized carbons (Fsp3) is 0.235. The van der Waals surface area contributed by atoms with Gasteiger partial charge in [-0.05, 0) is 30.0 Å². The first-order chi connectivity index (χ1) is 10.5. The van der Waals surface area contributed by atoms with Gasteiger partial charge in [-0.25, -0.2) is 8.42 Å². The van der Waals surface area contributed by atoms with Crippen LogP contribution in [0.3, 0.4) is 0 Å². The summed E-state index contributed by atoms with van der Waals surface area (Å²) < 4.78 is 25.0. The summed E-state index contributed by atoms with van der Waals surface area (Å²) in [4.78, 5) is 11.1. The maximum atomic E-state index is 12.5. The fourth-order valence-electron chi connectivity index (χ4n) is 2.36. The van der Waals surface area contributed by atoms with Gasteiger partial charge < -0.3 is 5.11 Å². The van der Waals surface area contributed by atoms with Crippen molar-refractivity contribution in [3.63, 3.8) is 0 Å². The van der Waals surface area contributed by atoms with E-state index in [4.69, 9.17) is 5.11 Å². The highest BCUT2D eigenvalue weighted by Gasteiger charge is 2.23.